The van der Waals surface area contributed by atoms with Crippen molar-refractivity contribution in [3.05, 3.63) is 75.5 Å². The number of ketones is 1. The number of pyridine rings is 1. The number of Topliss-reactive ketones (excluding diaryl/α,β-unsaturated/α-hetero) is 1. The van der Waals surface area contributed by atoms with E-state index in [1.165, 1.54) is 24.0 Å². The van der Waals surface area contributed by atoms with Gasteiger partial charge in [0.2, 0.25) is 5.60 Å². The fraction of sp³-hybridized carbons (Fsp3) is 0.537. The normalized spacial score (nSPS) is 21.8. The van der Waals surface area contributed by atoms with Crippen molar-refractivity contribution >= 4 is 28.9 Å². The van der Waals surface area contributed by atoms with Crippen LogP contribution in [0.2, 0.25) is 0 Å². The molecular weight excluding hydrogens is 794 g/mol. The Morgan fingerprint density at radius 1 is 0.983 bits per heavy atom. The molecule has 4 heterocycles. The van der Waals surface area contributed by atoms with E-state index < -0.39 is 68.6 Å². The number of thiophene rings is 1. The standard InChI is InChI=1S/C41H43F7N4O5S/c1-3-8-31-39(57-27-23-32(58-24-27)41(46,47)48,14-7-19-52(31)35(54)33-28(40(43,44)45)10-5-18-50-33)36(55)51-20-15-38(25-49,16-21-51)29-9-4-11-30(42)34(29)56-22-17-37(26(2)53)12-6-13-37/h4-5,9-11,18,23-24,31H,3,6-8,12-17,19-22H2,1-2H3/t31-,39+/m1/s1. The molecule has 1 aliphatic carbocycles. The van der Waals surface area contributed by atoms with Crippen LogP contribution in [0.4, 0.5) is 30.7 Å². The van der Waals surface area contributed by atoms with Crippen molar-refractivity contribution in [3.63, 3.8) is 0 Å². The van der Waals surface area contributed by atoms with E-state index in [-0.39, 0.29) is 81.2 Å². The van der Waals surface area contributed by atoms with Crippen LogP contribution in [-0.4, -0.2) is 70.3 Å². The van der Waals surface area contributed by atoms with Gasteiger partial charge in [0, 0.05) is 54.7 Å². The molecule has 3 aliphatic rings. The number of nitriles is 1. The summed E-state index contributed by atoms with van der Waals surface area (Å²) < 4.78 is 111. The van der Waals surface area contributed by atoms with Crippen molar-refractivity contribution in [2.24, 2.45) is 5.41 Å². The van der Waals surface area contributed by atoms with Crippen molar-refractivity contribution in [1.82, 2.24) is 14.8 Å². The average Bonchev–Trinajstić information content (AvgIpc) is 3.65. The number of hydrogen-bond donors (Lipinski definition) is 0. The van der Waals surface area contributed by atoms with Crippen LogP contribution >= 0.6 is 11.3 Å². The first-order chi connectivity index (χ1) is 27.4. The minimum atomic E-state index is -4.94. The minimum Gasteiger partial charge on any atom is -0.490 e. The third-order valence-corrected chi connectivity index (χ3v) is 13.0. The van der Waals surface area contributed by atoms with E-state index in [1.807, 2.05) is 0 Å². The highest BCUT2D eigenvalue weighted by Crippen LogP contribution is 2.47. The second kappa shape index (κ2) is 16.5. The number of carbonyl (C=O) groups excluding carboxylic acids is 3. The smallest absolute Gasteiger partial charge is 0.425 e. The Labute approximate surface area is 335 Å². The number of para-hydroxylation sites is 1. The molecule has 17 heteroatoms. The highest BCUT2D eigenvalue weighted by Gasteiger charge is 2.57. The van der Waals surface area contributed by atoms with Gasteiger partial charge in [-0.25, -0.2) is 4.39 Å². The molecular formula is C41H43F7N4O5S. The van der Waals surface area contributed by atoms with Gasteiger partial charge in [-0.05, 0) is 70.1 Å². The maximum absolute atomic E-state index is 15.4. The summed E-state index contributed by atoms with van der Waals surface area (Å²) in [6, 6.07) is 7.82. The molecule has 0 N–H and O–H groups in total. The average molecular weight is 837 g/mol. The SMILES string of the molecule is CCC[C@H]1N(C(=O)c2ncccc2C(F)(F)F)CCC[C@@]1(Oc1csc(C(F)(F)F)c1)C(=O)N1CCC(C#N)(c2cccc(F)c2OCCC2(C(C)=O)CCC2)CC1. The molecule has 0 unspecified atom stereocenters. The molecule has 312 valence electrons. The molecule has 2 saturated heterocycles. The van der Waals surface area contributed by atoms with E-state index in [0.29, 0.717) is 37.0 Å². The summed E-state index contributed by atoms with van der Waals surface area (Å²) in [5.41, 5.74) is -5.80. The fourth-order valence-electron chi connectivity index (χ4n) is 8.64. The van der Waals surface area contributed by atoms with Gasteiger partial charge in [0.05, 0.1) is 29.7 Å². The van der Waals surface area contributed by atoms with E-state index in [0.717, 1.165) is 41.1 Å². The summed E-state index contributed by atoms with van der Waals surface area (Å²) >= 11 is 0.344. The highest BCUT2D eigenvalue weighted by atomic mass is 32.1. The molecule has 2 atom stereocenters. The number of carbonyl (C=O) groups is 3. The Bertz CT molecular complexity index is 2050. The summed E-state index contributed by atoms with van der Waals surface area (Å²) in [6.45, 7) is 3.02. The molecule has 0 spiro atoms. The Kier molecular flexibility index (Phi) is 12.2. The summed E-state index contributed by atoms with van der Waals surface area (Å²) in [5.74, 6) is -2.91. The van der Waals surface area contributed by atoms with Gasteiger partial charge in [0.15, 0.2) is 11.6 Å². The lowest BCUT2D eigenvalue weighted by atomic mass is 9.64. The number of halogens is 7. The Hall–Kier alpha value is -4.72. The van der Waals surface area contributed by atoms with Crippen LogP contribution in [0, 0.1) is 22.6 Å². The highest BCUT2D eigenvalue weighted by molar-refractivity contribution is 7.10. The predicted octanol–water partition coefficient (Wildman–Crippen LogP) is 9.15. The van der Waals surface area contributed by atoms with Gasteiger partial charge >= 0.3 is 12.4 Å². The van der Waals surface area contributed by atoms with Gasteiger partial charge in [-0.3, -0.25) is 19.4 Å². The Morgan fingerprint density at radius 3 is 2.29 bits per heavy atom. The van der Waals surface area contributed by atoms with Crippen LogP contribution in [0.3, 0.4) is 0 Å². The van der Waals surface area contributed by atoms with Crippen molar-refractivity contribution in [3.8, 4) is 17.6 Å². The number of nitrogens with zero attached hydrogens (tertiary/aromatic N) is 4. The second-order valence-electron chi connectivity index (χ2n) is 15.3. The van der Waals surface area contributed by atoms with E-state index in [4.69, 9.17) is 9.47 Å². The van der Waals surface area contributed by atoms with Gasteiger partial charge in [-0.2, -0.15) is 31.6 Å². The van der Waals surface area contributed by atoms with Gasteiger partial charge < -0.3 is 19.3 Å². The maximum Gasteiger partial charge on any atom is 0.425 e. The molecule has 2 aliphatic heterocycles. The molecule has 0 radical (unpaired) electrons. The zero-order valence-corrected chi connectivity index (χ0v) is 32.8. The quantitative estimate of drug-likeness (QED) is 0.167. The molecule has 58 heavy (non-hydrogen) atoms. The summed E-state index contributed by atoms with van der Waals surface area (Å²) in [5, 5.41) is 11.7. The van der Waals surface area contributed by atoms with Gasteiger partial charge in [0.1, 0.15) is 22.1 Å². The molecule has 6 rings (SSSR count). The lowest BCUT2D eigenvalue weighted by Gasteiger charge is -2.51. The van der Waals surface area contributed by atoms with Gasteiger partial charge in [-0.1, -0.05) is 31.9 Å². The Balaban J connectivity index is 1.32. The zero-order chi connectivity index (χ0) is 42.1. The number of benzene rings is 1. The first-order valence-electron chi connectivity index (χ1n) is 19.2. The number of likely N-dealkylation sites (tertiary alicyclic amines) is 2. The van der Waals surface area contributed by atoms with E-state index >= 15 is 9.18 Å². The summed E-state index contributed by atoms with van der Waals surface area (Å²) in [4.78, 5) is 46.7. The first kappa shape index (κ1) is 42.9. The Morgan fingerprint density at radius 2 is 1.71 bits per heavy atom. The van der Waals surface area contributed by atoms with Crippen LogP contribution in [0.1, 0.15) is 105 Å². The van der Waals surface area contributed by atoms with Crippen molar-refractivity contribution in [1.29, 1.82) is 5.26 Å². The zero-order valence-electron chi connectivity index (χ0n) is 32.0. The molecule has 1 aromatic carbocycles. The molecule has 3 aromatic rings. The summed E-state index contributed by atoms with van der Waals surface area (Å²) in [7, 11) is 0. The molecule has 3 fully saturated rings. The number of piperidine rings is 2. The third-order valence-electron chi connectivity index (χ3n) is 12.0. The topological polar surface area (TPSA) is 113 Å². The number of alkyl halides is 6. The molecule has 2 aromatic heterocycles. The molecule has 1 saturated carbocycles. The van der Waals surface area contributed by atoms with Crippen LogP contribution in [0.25, 0.3) is 0 Å². The fourth-order valence-corrected chi connectivity index (χ4v) is 9.32. The van der Waals surface area contributed by atoms with Crippen LogP contribution in [0.5, 0.6) is 11.5 Å². The van der Waals surface area contributed by atoms with Crippen LogP contribution in [-0.2, 0) is 27.4 Å². The second-order valence-corrected chi connectivity index (χ2v) is 16.2. The monoisotopic (exact) mass is 836 g/mol. The lowest BCUT2D eigenvalue weighted by molar-refractivity contribution is -0.160. The summed E-state index contributed by atoms with van der Waals surface area (Å²) in [6.07, 6.45) is -5.63. The number of aromatic nitrogens is 1. The number of amides is 2. The lowest BCUT2D eigenvalue weighted by Crippen LogP contribution is -2.68. The maximum atomic E-state index is 15.4. The van der Waals surface area contributed by atoms with Crippen molar-refractivity contribution in [2.45, 2.75) is 107 Å². The number of rotatable bonds is 12. The van der Waals surface area contributed by atoms with Crippen molar-refractivity contribution < 1.29 is 54.6 Å². The van der Waals surface area contributed by atoms with Crippen LogP contribution in [0.15, 0.2) is 48.0 Å². The van der Waals surface area contributed by atoms with Gasteiger partial charge in [-0.15, -0.1) is 11.3 Å². The molecule has 2 amide bonds. The van der Waals surface area contributed by atoms with Gasteiger partial charge in [0.25, 0.3) is 11.8 Å². The van der Waals surface area contributed by atoms with Crippen molar-refractivity contribution in [2.75, 3.05) is 26.2 Å². The van der Waals surface area contributed by atoms with Crippen LogP contribution < -0.4 is 9.47 Å². The largest absolute Gasteiger partial charge is 0.490 e. The van der Waals surface area contributed by atoms with E-state index in [2.05, 4.69) is 11.1 Å². The first-order valence-corrected chi connectivity index (χ1v) is 20.1. The minimum absolute atomic E-state index is 0.0108. The number of ether oxygens (including phenoxy) is 2. The molecule has 0 bridgehead atoms. The number of hydrogen-bond acceptors (Lipinski definition) is 8. The third kappa shape index (κ3) is 8.13. The van der Waals surface area contributed by atoms with E-state index in [1.54, 1.807) is 13.0 Å². The molecule has 9 nitrogen and oxygen atoms in total. The predicted molar refractivity (Wildman–Crippen MR) is 197 cm³/mol. The van der Waals surface area contributed by atoms with E-state index in [9.17, 15) is 41.2 Å².